The van der Waals surface area contributed by atoms with E-state index in [1.165, 1.54) is 0 Å². The van der Waals surface area contributed by atoms with Gasteiger partial charge < -0.3 is 4.74 Å². The van der Waals surface area contributed by atoms with Gasteiger partial charge in [-0.2, -0.15) is 0 Å². The number of rotatable bonds is 5. The van der Waals surface area contributed by atoms with Crippen molar-refractivity contribution in [3.63, 3.8) is 0 Å². The Morgan fingerprint density at radius 3 is 2.24 bits per heavy atom. The smallest absolute Gasteiger partial charge is 0.160 e. The highest BCUT2D eigenvalue weighted by molar-refractivity contribution is 7.85. The van der Waals surface area contributed by atoms with E-state index in [1.54, 1.807) is 13.8 Å². The van der Waals surface area contributed by atoms with Crippen LogP contribution in [0, 0.1) is 13.8 Å². The minimum atomic E-state index is -1.11. The molecule has 3 nitrogen and oxygen atoms in total. The van der Waals surface area contributed by atoms with Gasteiger partial charge in [-0.15, -0.1) is 0 Å². The zero-order chi connectivity index (χ0) is 15.4. The van der Waals surface area contributed by atoms with Crippen LogP contribution >= 0.6 is 23.2 Å². The molecule has 2 aromatic rings. The van der Waals surface area contributed by atoms with Crippen molar-refractivity contribution < 1.29 is 8.95 Å². The van der Waals surface area contributed by atoms with Crippen LogP contribution in [-0.4, -0.2) is 21.6 Å². The molecule has 0 amide bonds. The lowest BCUT2D eigenvalue weighted by atomic mass is 10.3. The first-order chi connectivity index (χ1) is 10.0. The third kappa shape index (κ3) is 3.96. The largest absolute Gasteiger partial charge is 0.489 e. The SMILES string of the molecule is Cc1nc(C)c(Cl)c(OCCS(=O)c2ccccc2)c1Cl. The van der Waals surface area contributed by atoms with Crippen LogP contribution in [0.15, 0.2) is 35.2 Å². The normalized spacial score (nSPS) is 12.2. The van der Waals surface area contributed by atoms with E-state index in [9.17, 15) is 4.21 Å². The average molecular weight is 344 g/mol. The van der Waals surface area contributed by atoms with Gasteiger partial charge in [-0.05, 0) is 26.0 Å². The van der Waals surface area contributed by atoms with Gasteiger partial charge in [0.05, 0.1) is 27.9 Å². The Hall–Kier alpha value is -1.10. The molecule has 1 aromatic heterocycles. The molecule has 2 rings (SSSR count). The molecule has 6 heteroatoms. The Morgan fingerprint density at radius 2 is 1.67 bits per heavy atom. The van der Waals surface area contributed by atoms with Gasteiger partial charge in [0.25, 0.3) is 0 Å². The van der Waals surface area contributed by atoms with Crippen molar-refractivity contribution in [2.75, 3.05) is 12.4 Å². The predicted octanol–water partition coefficient (Wildman–Crippen LogP) is 4.19. The summed E-state index contributed by atoms with van der Waals surface area (Å²) in [7, 11) is -1.11. The molecule has 1 aromatic carbocycles. The number of aromatic nitrogens is 1. The van der Waals surface area contributed by atoms with Crippen LogP contribution in [-0.2, 0) is 10.8 Å². The molecule has 0 fully saturated rings. The number of benzene rings is 1. The van der Waals surface area contributed by atoms with E-state index in [-0.39, 0.29) is 6.61 Å². The Morgan fingerprint density at radius 1 is 1.10 bits per heavy atom. The Bertz CT molecular complexity index is 636. The molecule has 0 N–H and O–H groups in total. The molecule has 0 radical (unpaired) electrons. The molecular formula is C15H15Cl2NO2S. The first-order valence-corrected chi connectivity index (χ1v) is 8.46. The van der Waals surface area contributed by atoms with Gasteiger partial charge in [-0.1, -0.05) is 41.4 Å². The van der Waals surface area contributed by atoms with Crippen LogP contribution in [0.5, 0.6) is 5.75 Å². The number of hydrogen-bond acceptors (Lipinski definition) is 3. The molecule has 112 valence electrons. The molecule has 0 bridgehead atoms. The van der Waals surface area contributed by atoms with Gasteiger partial charge >= 0.3 is 0 Å². The van der Waals surface area contributed by atoms with Crippen molar-refractivity contribution in [2.45, 2.75) is 18.7 Å². The van der Waals surface area contributed by atoms with E-state index in [4.69, 9.17) is 27.9 Å². The summed E-state index contributed by atoms with van der Waals surface area (Å²) in [6.07, 6.45) is 0. The van der Waals surface area contributed by atoms with Gasteiger partial charge in [-0.25, -0.2) is 0 Å². The van der Waals surface area contributed by atoms with Crippen LogP contribution in [0.2, 0.25) is 10.0 Å². The number of aryl methyl sites for hydroxylation is 2. The third-order valence-corrected chi connectivity index (χ3v) is 5.12. The second-order valence-corrected chi connectivity index (χ2v) is 6.78. The van der Waals surface area contributed by atoms with Crippen molar-refractivity contribution >= 4 is 34.0 Å². The van der Waals surface area contributed by atoms with Gasteiger partial charge in [0.15, 0.2) is 5.75 Å². The molecule has 0 aliphatic rings. The van der Waals surface area contributed by atoms with E-state index in [0.29, 0.717) is 32.9 Å². The van der Waals surface area contributed by atoms with Gasteiger partial charge in [0.1, 0.15) is 16.7 Å². The Balaban J connectivity index is 2.03. The summed E-state index contributed by atoms with van der Waals surface area (Å²) in [5.41, 5.74) is 1.33. The highest BCUT2D eigenvalue weighted by atomic mass is 35.5. The monoisotopic (exact) mass is 343 g/mol. The maximum absolute atomic E-state index is 12.1. The quantitative estimate of drug-likeness (QED) is 0.816. The van der Waals surface area contributed by atoms with Gasteiger partial charge in [-0.3, -0.25) is 9.19 Å². The fourth-order valence-electron chi connectivity index (χ4n) is 1.81. The molecular weight excluding hydrogens is 329 g/mol. The summed E-state index contributed by atoms with van der Waals surface area (Å²) in [6, 6.07) is 9.27. The Kier molecular flexibility index (Phi) is 5.62. The van der Waals surface area contributed by atoms with E-state index in [1.807, 2.05) is 30.3 Å². The van der Waals surface area contributed by atoms with Crippen LogP contribution in [0.1, 0.15) is 11.4 Å². The zero-order valence-corrected chi connectivity index (χ0v) is 14.1. The zero-order valence-electron chi connectivity index (χ0n) is 11.7. The summed E-state index contributed by atoms with van der Waals surface area (Å²) >= 11 is 12.3. The molecule has 21 heavy (non-hydrogen) atoms. The van der Waals surface area contributed by atoms with Crippen molar-refractivity contribution in [3.8, 4) is 5.75 Å². The highest BCUT2D eigenvalue weighted by Crippen LogP contribution is 2.36. The highest BCUT2D eigenvalue weighted by Gasteiger charge is 2.15. The molecule has 0 saturated heterocycles. The van der Waals surface area contributed by atoms with E-state index in [2.05, 4.69) is 4.98 Å². The van der Waals surface area contributed by atoms with E-state index >= 15 is 0 Å². The summed E-state index contributed by atoms with van der Waals surface area (Å²) in [5.74, 6) is 0.783. The van der Waals surface area contributed by atoms with Gasteiger partial charge in [0.2, 0.25) is 0 Å². The first kappa shape index (κ1) is 16.3. The molecule has 0 aliphatic carbocycles. The summed E-state index contributed by atoms with van der Waals surface area (Å²) < 4.78 is 17.7. The fourth-order valence-corrected chi connectivity index (χ4v) is 3.17. The van der Waals surface area contributed by atoms with Gasteiger partial charge in [0, 0.05) is 4.90 Å². The Labute approximate surface area is 136 Å². The first-order valence-electron chi connectivity index (χ1n) is 6.39. The van der Waals surface area contributed by atoms with E-state index < -0.39 is 10.8 Å². The average Bonchev–Trinajstić information content (AvgIpc) is 2.49. The number of ether oxygens (including phenoxy) is 1. The molecule has 0 spiro atoms. The third-order valence-electron chi connectivity index (χ3n) is 2.89. The molecule has 0 saturated carbocycles. The second kappa shape index (κ2) is 7.25. The number of nitrogens with zero attached hydrogens (tertiary/aromatic N) is 1. The second-order valence-electron chi connectivity index (χ2n) is 4.45. The lowest BCUT2D eigenvalue weighted by Crippen LogP contribution is -2.10. The maximum atomic E-state index is 12.1. The van der Waals surface area contributed by atoms with Crippen molar-refractivity contribution in [3.05, 3.63) is 51.8 Å². The van der Waals surface area contributed by atoms with Crippen LogP contribution < -0.4 is 4.74 Å². The van der Waals surface area contributed by atoms with Crippen LogP contribution in [0.4, 0.5) is 0 Å². The number of hydrogen-bond donors (Lipinski definition) is 0. The summed E-state index contributed by atoms with van der Waals surface area (Å²) in [4.78, 5) is 5.00. The van der Waals surface area contributed by atoms with Crippen molar-refractivity contribution in [1.82, 2.24) is 4.98 Å². The predicted molar refractivity (Wildman–Crippen MR) is 86.9 cm³/mol. The molecule has 1 unspecified atom stereocenters. The number of pyridine rings is 1. The number of halogens is 2. The summed E-state index contributed by atoms with van der Waals surface area (Å²) in [5, 5.41) is 0.798. The topological polar surface area (TPSA) is 39.2 Å². The minimum Gasteiger partial charge on any atom is -0.489 e. The summed E-state index contributed by atoms with van der Waals surface area (Å²) in [6.45, 7) is 3.85. The standard InChI is InChI=1S/C15H15Cl2NO2S/c1-10-13(16)15(14(17)11(2)18-10)20-8-9-21(19)12-6-4-3-5-7-12/h3-7H,8-9H2,1-2H3. The maximum Gasteiger partial charge on any atom is 0.160 e. The lowest BCUT2D eigenvalue weighted by Gasteiger charge is -2.12. The van der Waals surface area contributed by atoms with Crippen LogP contribution in [0.3, 0.4) is 0 Å². The fraction of sp³-hybridized carbons (Fsp3) is 0.267. The lowest BCUT2D eigenvalue weighted by molar-refractivity contribution is 0.342. The van der Waals surface area contributed by atoms with E-state index in [0.717, 1.165) is 4.90 Å². The molecule has 1 heterocycles. The molecule has 0 aliphatic heterocycles. The van der Waals surface area contributed by atoms with Crippen molar-refractivity contribution in [2.24, 2.45) is 0 Å². The van der Waals surface area contributed by atoms with Crippen molar-refractivity contribution in [1.29, 1.82) is 0 Å². The minimum absolute atomic E-state index is 0.268. The molecule has 1 atom stereocenters. The van der Waals surface area contributed by atoms with Crippen LogP contribution in [0.25, 0.3) is 0 Å².